The summed E-state index contributed by atoms with van der Waals surface area (Å²) in [5.74, 6) is 1.44. The predicted molar refractivity (Wildman–Crippen MR) is 67.2 cm³/mol. The number of nitrogens with one attached hydrogen (secondary N) is 1. The Labute approximate surface area is 105 Å². The molecule has 6 nitrogen and oxygen atoms in total. The molecule has 0 aromatic carbocycles. The lowest BCUT2D eigenvalue weighted by Gasteiger charge is -1.99. The zero-order chi connectivity index (χ0) is 13.1. The summed E-state index contributed by atoms with van der Waals surface area (Å²) >= 11 is 0. The molecular formula is C12H15N5O. The smallest absolute Gasteiger partial charge is 0.213 e. The van der Waals surface area contributed by atoms with Crippen molar-refractivity contribution in [3.05, 3.63) is 29.6 Å². The Morgan fingerprint density at radius 1 is 1.44 bits per heavy atom. The van der Waals surface area contributed by atoms with E-state index in [0.29, 0.717) is 18.1 Å². The Bertz CT molecular complexity index is 590. The van der Waals surface area contributed by atoms with Gasteiger partial charge in [-0.2, -0.15) is 10.4 Å². The van der Waals surface area contributed by atoms with Gasteiger partial charge in [-0.25, -0.2) is 4.68 Å². The highest BCUT2D eigenvalue weighted by Crippen LogP contribution is 2.16. The van der Waals surface area contributed by atoms with Crippen molar-refractivity contribution < 1.29 is 4.74 Å². The van der Waals surface area contributed by atoms with Gasteiger partial charge >= 0.3 is 0 Å². The summed E-state index contributed by atoms with van der Waals surface area (Å²) < 4.78 is 8.59. The Kier molecular flexibility index (Phi) is 3.24. The van der Waals surface area contributed by atoms with Crippen LogP contribution in [0.4, 0.5) is 5.82 Å². The molecule has 0 aliphatic carbocycles. The van der Waals surface area contributed by atoms with E-state index in [0.717, 1.165) is 11.4 Å². The summed E-state index contributed by atoms with van der Waals surface area (Å²) in [6.07, 6.45) is 1.92. The number of nitriles is 1. The Morgan fingerprint density at radius 2 is 2.22 bits per heavy atom. The van der Waals surface area contributed by atoms with Crippen molar-refractivity contribution >= 4 is 5.82 Å². The van der Waals surface area contributed by atoms with E-state index >= 15 is 0 Å². The SMILES string of the molecule is COc1cc(NCc2cc(C#N)n(C)c2)nn1C. The Morgan fingerprint density at radius 3 is 2.78 bits per heavy atom. The van der Waals surface area contributed by atoms with E-state index in [1.807, 2.05) is 32.4 Å². The average molecular weight is 245 g/mol. The van der Waals surface area contributed by atoms with Gasteiger partial charge in [0.15, 0.2) is 5.82 Å². The van der Waals surface area contributed by atoms with Gasteiger partial charge < -0.3 is 14.6 Å². The zero-order valence-corrected chi connectivity index (χ0v) is 10.6. The van der Waals surface area contributed by atoms with Gasteiger partial charge in [-0.15, -0.1) is 0 Å². The van der Waals surface area contributed by atoms with Crippen molar-refractivity contribution in [1.82, 2.24) is 14.3 Å². The minimum absolute atomic E-state index is 0.621. The van der Waals surface area contributed by atoms with Gasteiger partial charge in [0.2, 0.25) is 5.88 Å². The second-order valence-corrected chi connectivity index (χ2v) is 4.01. The number of hydrogen-bond acceptors (Lipinski definition) is 4. The summed E-state index contributed by atoms with van der Waals surface area (Å²) in [7, 11) is 5.28. The van der Waals surface area contributed by atoms with Crippen LogP contribution in [-0.2, 0) is 20.6 Å². The lowest BCUT2D eigenvalue weighted by molar-refractivity contribution is 0.373. The first-order valence-electron chi connectivity index (χ1n) is 5.51. The van der Waals surface area contributed by atoms with E-state index < -0.39 is 0 Å². The number of rotatable bonds is 4. The zero-order valence-electron chi connectivity index (χ0n) is 10.6. The van der Waals surface area contributed by atoms with E-state index in [1.165, 1.54) is 0 Å². The molecule has 0 saturated heterocycles. The van der Waals surface area contributed by atoms with Gasteiger partial charge in [0.05, 0.1) is 7.11 Å². The molecule has 1 N–H and O–H groups in total. The topological polar surface area (TPSA) is 67.8 Å². The molecule has 2 aromatic rings. The Balaban J connectivity index is 2.04. The third-order valence-electron chi connectivity index (χ3n) is 2.70. The van der Waals surface area contributed by atoms with Crippen LogP contribution >= 0.6 is 0 Å². The first-order chi connectivity index (χ1) is 8.63. The van der Waals surface area contributed by atoms with Crippen LogP contribution in [0.5, 0.6) is 5.88 Å². The number of hydrogen-bond donors (Lipinski definition) is 1. The molecule has 0 radical (unpaired) electrons. The maximum absolute atomic E-state index is 8.87. The molecule has 0 amide bonds. The molecule has 18 heavy (non-hydrogen) atoms. The molecule has 0 saturated carbocycles. The number of methoxy groups -OCH3 is 1. The van der Waals surface area contributed by atoms with Crippen molar-refractivity contribution in [2.24, 2.45) is 14.1 Å². The van der Waals surface area contributed by atoms with Crippen molar-refractivity contribution in [2.75, 3.05) is 12.4 Å². The molecule has 2 heterocycles. The Hall–Kier alpha value is -2.42. The number of ether oxygens (including phenoxy) is 1. The van der Waals surface area contributed by atoms with E-state index in [4.69, 9.17) is 10.00 Å². The first kappa shape index (κ1) is 12.0. The van der Waals surface area contributed by atoms with Crippen LogP contribution in [0.1, 0.15) is 11.3 Å². The molecule has 0 spiro atoms. The highest BCUT2D eigenvalue weighted by molar-refractivity contribution is 5.40. The van der Waals surface area contributed by atoms with Crippen LogP contribution in [-0.4, -0.2) is 21.5 Å². The second kappa shape index (κ2) is 4.84. The molecule has 2 rings (SSSR count). The summed E-state index contributed by atoms with van der Waals surface area (Å²) in [5.41, 5.74) is 1.68. The predicted octanol–water partition coefficient (Wildman–Crippen LogP) is 1.25. The van der Waals surface area contributed by atoms with Crippen molar-refractivity contribution in [1.29, 1.82) is 5.26 Å². The van der Waals surface area contributed by atoms with Crippen LogP contribution in [0.3, 0.4) is 0 Å². The van der Waals surface area contributed by atoms with Gasteiger partial charge in [-0.3, -0.25) is 0 Å². The van der Waals surface area contributed by atoms with Crippen LogP contribution in [0, 0.1) is 11.3 Å². The molecule has 0 aliphatic heterocycles. The van der Waals surface area contributed by atoms with Crippen molar-refractivity contribution in [3.63, 3.8) is 0 Å². The minimum atomic E-state index is 0.621. The van der Waals surface area contributed by atoms with Gasteiger partial charge in [0, 0.05) is 32.9 Å². The quantitative estimate of drug-likeness (QED) is 0.880. The number of anilines is 1. The number of nitrogens with zero attached hydrogens (tertiary/aromatic N) is 4. The normalized spacial score (nSPS) is 10.1. The fraction of sp³-hybridized carbons (Fsp3) is 0.333. The second-order valence-electron chi connectivity index (χ2n) is 4.01. The molecule has 2 aromatic heterocycles. The molecule has 0 unspecified atom stereocenters. The lowest BCUT2D eigenvalue weighted by atomic mass is 10.3. The largest absolute Gasteiger partial charge is 0.481 e. The fourth-order valence-electron chi connectivity index (χ4n) is 1.76. The highest BCUT2D eigenvalue weighted by Gasteiger charge is 2.06. The van der Waals surface area contributed by atoms with Gasteiger partial charge in [-0.05, 0) is 11.6 Å². The van der Waals surface area contributed by atoms with Gasteiger partial charge in [0.25, 0.3) is 0 Å². The first-order valence-corrected chi connectivity index (χ1v) is 5.51. The van der Waals surface area contributed by atoms with Gasteiger partial charge in [-0.1, -0.05) is 0 Å². The molecule has 0 aliphatic rings. The highest BCUT2D eigenvalue weighted by atomic mass is 16.5. The third kappa shape index (κ3) is 2.30. The van der Waals surface area contributed by atoms with Crippen LogP contribution in [0.15, 0.2) is 18.3 Å². The van der Waals surface area contributed by atoms with E-state index in [-0.39, 0.29) is 0 Å². The average Bonchev–Trinajstić information content (AvgIpc) is 2.89. The lowest BCUT2D eigenvalue weighted by Crippen LogP contribution is -2.00. The van der Waals surface area contributed by atoms with Crippen LogP contribution < -0.4 is 10.1 Å². The maximum Gasteiger partial charge on any atom is 0.213 e. The van der Waals surface area contributed by atoms with E-state index in [9.17, 15) is 0 Å². The van der Waals surface area contributed by atoms with Crippen LogP contribution in [0.25, 0.3) is 0 Å². The minimum Gasteiger partial charge on any atom is -0.481 e. The number of aromatic nitrogens is 3. The summed E-state index contributed by atoms with van der Waals surface area (Å²) in [6.45, 7) is 0.621. The van der Waals surface area contributed by atoms with Crippen molar-refractivity contribution in [2.45, 2.75) is 6.54 Å². The molecular weight excluding hydrogens is 230 g/mol. The van der Waals surface area contributed by atoms with Gasteiger partial charge in [0.1, 0.15) is 11.8 Å². The molecule has 0 atom stereocenters. The van der Waals surface area contributed by atoms with Crippen LogP contribution in [0.2, 0.25) is 0 Å². The summed E-state index contributed by atoms with van der Waals surface area (Å²) in [5, 5.41) is 16.3. The van der Waals surface area contributed by atoms with E-state index in [1.54, 1.807) is 16.4 Å². The summed E-state index contributed by atoms with van der Waals surface area (Å²) in [6, 6.07) is 5.81. The fourth-order valence-corrected chi connectivity index (χ4v) is 1.76. The number of aryl methyl sites for hydroxylation is 2. The molecule has 6 heteroatoms. The standard InChI is InChI=1S/C12H15N5O/c1-16-8-9(4-10(16)6-13)7-14-11-5-12(18-3)17(2)15-11/h4-5,8H,7H2,1-3H3,(H,14,15). The van der Waals surface area contributed by atoms with E-state index in [2.05, 4.69) is 16.5 Å². The third-order valence-corrected chi connectivity index (χ3v) is 2.70. The molecule has 0 bridgehead atoms. The molecule has 0 fully saturated rings. The monoisotopic (exact) mass is 245 g/mol. The van der Waals surface area contributed by atoms with Crippen molar-refractivity contribution in [3.8, 4) is 11.9 Å². The molecule has 94 valence electrons. The summed E-state index contributed by atoms with van der Waals surface area (Å²) in [4.78, 5) is 0. The maximum atomic E-state index is 8.87.